The van der Waals surface area contributed by atoms with Crippen LogP contribution >= 0.6 is 0 Å². The molecule has 0 unspecified atom stereocenters. The number of rotatable bonds is 5. The molecule has 2 amide bonds. The van der Waals surface area contributed by atoms with Crippen LogP contribution in [0.3, 0.4) is 0 Å². The zero-order chi connectivity index (χ0) is 16.8. The van der Waals surface area contributed by atoms with Crippen LogP contribution < -0.4 is 10.1 Å². The standard InChI is InChI=1S/C18H28N2O3/c1-13(2)23-17-6-4-5-14(11-17)12-20(3)18(22)19-15-7-9-16(21)10-8-15/h4-6,11,13,15-16,21H,7-10,12H2,1-3H3,(H,19,22). The minimum absolute atomic E-state index is 0.0680. The van der Waals surface area contributed by atoms with Crippen molar-refractivity contribution in [3.63, 3.8) is 0 Å². The molecule has 1 aliphatic rings. The number of nitrogens with one attached hydrogen (secondary N) is 1. The molecule has 2 N–H and O–H groups in total. The van der Waals surface area contributed by atoms with Crippen molar-refractivity contribution in [2.24, 2.45) is 0 Å². The summed E-state index contributed by atoms with van der Waals surface area (Å²) in [5.74, 6) is 0.826. The molecule has 23 heavy (non-hydrogen) atoms. The van der Waals surface area contributed by atoms with E-state index in [4.69, 9.17) is 4.74 Å². The number of carbonyl (C=O) groups is 1. The predicted molar refractivity (Wildman–Crippen MR) is 90.5 cm³/mol. The molecule has 1 aromatic rings. The van der Waals surface area contributed by atoms with E-state index in [1.165, 1.54) is 0 Å². The second-order valence-electron chi connectivity index (χ2n) is 6.63. The van der Waals surface area contributed by atoms with Crippen LogP contribution in [0.5, 0.6) is 5.75 Å². The highest BCUT2D eigenvalue weighted by molar-refractivity contribution is 5.74. The van der Waals surface area contributed by atoms with E-state index >= 15 is 0 Å². The van der Waals surface area contributed by atoms with Gasteiger partial charge in [0.05, 0.1) is 12.2 Å². The molecule has 0 atom stereocenters. The largest absolute Gasteiger partial charge is 0.491 e. The SMILES string of the molecule is CC(C)Oc1cccc(CN(C)C(=O)NC2CCC(O)CC2)c1. The van der Waals surface area contributed by atoms with Crippen LogP contribution in [-0.4, -0.2) is 41.3 Å². The van der Waals surface area contributed by atoms with Gasteiger partial charge in [-0.1, -0.05) is 12.1 Å². The number of nitrogens with zero attached hydrogens (tertiary/aromatic N) is 1. The summed E-state index contributed by atoms with van der Waals surface area (Å²) in [5.41, 5.74) is 1.04. The van der Waals surface area contributed by atoms with Gasteiger partial charge in [0.1, 0.15) is 5.75 Å². The molecule has 128 valence electrons. The fraction of sp³-hybridized carbons (Fsp3) is 0.611. The molecule has 0 bridgehead atoms. The summed E-state index contributed by atoms with van der Waals surface area (Å²) < 4.78 is 5.69. The number of carbonyl (C=O) groups excluding carboxylic acids is 1. The number of urea groups is 1. The van der Waals surface area contributed by atoms with Gasteiger partial charge < -0.3 is 20.1 Å². The van der Waals surface area contributed by atoms with Gasteiger partial charge in [0.15, 0.2) is 0 Å². The van der Waals surface area contributed by atoms with Crippen LogP contribution in [0, 0.1) is 0 Å². The predicted octanol–water partition coefficient (Wildman–Crippen LogP) is 2.92. The smallest absolute Gasteiger partial charge is 0.317 e. The molecular weight excluding hydrogens is 292 g/mol. The average molecular weight is 320 g/mol. The third-order valence-corrected chi connectivity index (χ3v) is 4.06. The van der Waals surface area contributed by atoms with Gasteiger partial charge in [-0.2, -0.15) is 0 Å². The van der Waals surface area contributed by atoms with Crippen molar-refractivity contribution in [3.05, 3.63) is 29.8 Å². The van der Waals surface area contributed by atoms with Gasteiger partial charge >= 0.3 is 6.03 Å². The van der Waals surface area contributed by atoms with Crippen LogP contribution in [-0.2, 0) is 6.54 Å². The summed E-state index contributed by atoms with van der Waals surface area (Å²) in [7, 11) is 1.79. The van der Waals surface area contributed by atoms with Crippen molar-refractivity contribution in [1.82, 2.24) is 10.2 Å². The Kier molecular flexibility index (Phi) is 6.28. The second kappa shape index (κ2) is 8.20. The molecule has 0 aliphatic heterocycles. The maximum atomic E-state index is 12.3. The molecule has 1 saturated carbocycles. The van der Waals surface area contributed by atoms with Crippen molar-refractivity contribution in [1.29, 1.82) is 0 Å². The molecule has 1 fully saturated rings. The first-order valence-electron chi connectivity index (χ1n) is 8.39. The van der Waals surface area contributed by atoms with Crippen molar-refractivity contribution < 1.29 is 14.6 Å². The summed E-state index contributed by atoms with van der Waals surface area (Å²) >= 11 is 0. The van der Waals surface area contributed by atoms with Crippen LogP contribution in [0.15, 0.2) is 24.3 Å². The van der Waals surface area contributed by atoms with E-state index in [1.807, 2.05) is 38.1 Å². The summed E-state index contributed by atoms with van der Waals surface area (Å²) in [5, 5.41) is 12.6. The van der Waals surface area contributed by atoms with E-state index in [0.717, 1.165) is 37.0 Å². The van der Waals surface area contributed by atoms with Crippen LogP contribution in [0.2, 0.25) is 0 Å². The summed E-state index contributed by atoms with van der Waals surface area (Å²) in [6.07, 6.45) is 3.15. The number of aliphatic hydroxyl groups excluding tert-OH is 1. The normalized spacial score (nSPS) is 21.1. The molecule has 0 aromatic heterocycles. The first kappa shape index (κ1) is 17.6. The first-order valence-corrected chi connectivity index (χ1v) is 8.39. The summed E-state index contributed by atoms with van der Waals surface area (Å²) in [6.45, 7) is 4.52. The molecule has 5 nitrogen and oxygen atoms in total. The van der Waals surface area contributed by atoms with Crippen molar-refractivity contribution in [3.8, 4) is 5.75 Å². The lowest BCUT2D eigenvalue weighted by Crippen LogP contribution is -2.44. The Morgan fingerprint density at radius 2 is 2.04 bits per heavy atom. The number of benzene rings is 1. The molecule has 1 aliphatic carbocycles. The number of aliphatic hydroxyl groups is 1. The number of ether oxygens (including phenoxy) is 1. The molecular formula is C18H28N2O3. The minimum Gasteiger partial charge on any atom is -0.491 e. The van der Waals surface area contributed by atoms with E-state index in [9.17, 15) is 9.90 Å². The monoisotopic (exact) mass is 320 g/mol. The van der Waals surface area contributed by atoms with Gasteiger partial charge in [-0.05, 0) is 57.2 Å². The van der Waals surface area contributed by atoms with Crippen LogP contribution in [0.25, 0.3) is 0 Å². The van der Waals surface area contributed by atoms with Crippen LogP contribution in [0.4, 0.5) is 4.79 Å². The highest BCUT2D eigenvalue weighted by Gasteiger charge is 2.22. The van der Waals surface area contributed by atoms with E-state index in [2.05, 4.69) is 5.32 Å². The lowest BCUT2D eigenvalue weighted by atomic mass is 9.93. The molecule has 0 heterocycles. The van der Waals surface area contributed by atoms with Crippen LogP contribution in [0.1, 0.15) is 45.1 Å². The fourth-order valence-corrected chi connectivity index (χ4v) is 2.84. The highest BCUT2D eigenvalue weighted by atomic mass is 16.5. The van der Waals surface area contributed by atoms with Gasteiger partial charge in [0, 0.05) is 19.6 Å². The van der Waals surface area contributed by atoms with E-state index in [0.29, 0.717) is 6.54 Å². The minimum atomic E-state index is -0.204. The Labute approximate surface area is 138 Å². The van der Waals surface area contributed by atoms with Crippen molar-refractivity contribution in [2.75, 3.05) is 7.05 Å². The van der Waals surface area contributed by atoms with E-state index in [1.54, 1.807) is 11.9 Å². The van der Waals surface area contributed by atoms with Gasteiger partial charge in [0.2, 0.25) is 0 Å². The van der Waals surface area contributed by atoms with E-state index < -0.39 is 0 Å². The lowest BCUT2D eigenvalue weighted by molar-refractivity contribution is 0.115. The van der Waals surface area contributed by atoms with Crippen molar-refractivity contribution in [2.45, 2.75) is 64.3 Å². The summed E-state index contributed by atoms with van der Waals surface area (Å²) in [4.78, 5) is 14.0. The molecule has 1 aromatic carbocycles. The van der Waals surface area contributed by atoms with Gasteiger partial charge in [-0.25, -0.2) is 4.79 Å². The summed E-state index contributed by atoms with van der Waals surface area (Å²) in [6, 6.07) is 7.94. The molecule has 2 rings (SSSR count). The number of hydrogen-bond donors (Lipinski definition) is 2. The van der Waals surface area contributed by atoms with Gasteiger partial charge in [-0.3, -0.25) is 0 Å². The third-order valence-electron chi connectivity index (χ3n) is 4.06. The Hall–Kier alpha value is -1.75. The Morgan fingerprint density at radius 1 is 1.35 bits per heavy atom. The average Bonchev–Trinajstić information content (AvgIpc) is 2.49. The second-order valence-corrected chi connectivity index (χ2v) is 6.63. The topological polar surface area (TPSA) is 61.8 Å². The molecule has 5 heteroatoms. The fourth-order valence-electron chi connectivity index (χ4n) is 2.84. The maximum absolute atomic E-state index is 12.3. The lowest BCUT2D eigenvalue weighted by Gasteiger charge is -2.28. The Balaban J connectivity index is 1.85. The zero-order valence-electron chi connectivity index (χ0n) is 14.3. The number of amides is 2. The Morgan fingerprint density at radius 3 is 2.70 bits per heavy atom. The molecule has 0 radical (unpaired) electrons. The molecule has 0 spiro atoms. The quantitative estimate of drug-likeness (QED) is 0.877. The zero-order valence-corrected chi connectivity index (χ0v) is 14.3. The third kappa shape index (κ3) is 5.75. The number of hydrogen-bond acceptors (Lipinski definition) is 3. The maximum Gasteiger partial charge on any atom is 0.317 e. The first-order chi connectivity index (χ1) is 10.9. The molecule has 0 saturated heterocycles. The highest BCUT2D eigenvalue weighted by Crippen LogP contribution is 2.19. The van der Waals surface area contributed by atoms with Gasteiger partial charge in [0.25, 0.3) is 0 Å². The van der Waals surface area contributed by atoms with Crippen molar-refractivity contribution >= 4 is 6.03 Å². The van der Waals surface area contributed by atoms with Gasteiger partial charge in [-0.15, -0.1) is 0 Å². The Bertz CT molecular complexity index is 511. The van der Waals surface area contributed by atoms with E-state index in [-0.39, 0.29) is 24.3 Å².